The maximum absolute atomic E-state index is 5.40. The van der Waals surface area contributed by atoms with E-state index in [0.29, 0.717) is 5.95 Å². The van der Waals surface area contributed by atoms with Gasteiger partial charge in [0.25, 0.3) is 0 Å². The fourth-order valence-corrected chi connectivity index (χ4v) is 7.82. The van der Waals surface area contributed by atoms with Crippen molar-refractivity contribution in [3.05, 3.63) is 174 Å². The fraction of sp³-hybridized carbons (Fsp3) is 0.0455. The van der Waals surface area contributed by atoms with Gasteiger partial charge in [0.2, 0.25) is 5.95 Å². The average Bonchev–Trinajstić information content (AvgIpc) is 3.48. The quantitative estimate of drug-likeness (QED) is 0.202. The van der Waals surface area contributed by atoms with Crippen LogP contribution in [0.3, 0.4) is 0 Å². The Hall–Kier alpha value is -6.06. The lowest BCUT2D eigenvalue weighted by molar-refractivity contribution is 0.794. The highest BCUT2D eigenvalue weighted by atomic mass is 15.2. The van der Waals surface area contributed by atoms with Crippen LogP contribution in [0.15, 0.2) is 158 Å². The number of para-hydroxylation sites is 1. The molecule has 2 heterocycles. The SMILES string of the molecule is c1ccc(-c2nc(-n3c4cc5c(cc4c4ccc6ccccc6c43)-c3ccccc3CC5c3ccccc3)nc3ccccc23)cc1. The van der Waals surface area contributed by atoms with Crippen molar-refractivity contribution in [2.24, 2.45) is 0 Å². The molecular formula is C44H29N3. The lowest BCUT2D eigenvalue weighted by Crippen LogP contribution is -2.13. The van der Waals surface area contributed by atoms with Gasteiger partial charge in [-0.25, -0.2) is 9.97 Å². The molecule has 10 rings (SSSR count). The number of fused-ring (bicyclic) bond motifs is 9. The predicted molar refractivity (Wildman–Crippen MR) is 194 cm³/mol. The van der Waals surface area contributed by atoms with Crippen LogP contribution < -0.4 is 0 Å². The summed E-state index contributed by atoms with van der Waals surface area (Å²) < 4.78 is 2.33. The van der Waals surface area contributed by atoms with Crippen LogP contribution in [0.25, 0.3) is 71.8 Å². The first-order valence-corrected chi connectivity index (χ1v) is 16.3. The Bertz CT molecular complexity index is 2650. The van der Waals surface area contributed by atoms with Crippen LogP contribution in [-0.4, -0.2) is 14.5 Å². The molecule has 0 N–H and O–H groups in total. The van der Waals surface area contributed by atoms with Crippen LogP contribution in [-0.2, 0) is 6.42 Å². The third-order valence-electron chi connectivity index (χ3n) is 9.97. The number of hydrogen-bond acceptors (Lipinski definition) is 2. The van der Waals surface area contributed by atoms with Gasteiger partial charge in [-0.2, -0.15) is 0 Å². The summed E-state index contributed by atoms with van der Waals surface area (Å²) in [6.45, 7) is 0. The van der Waals surface area contributed by atoms with Crippen LogP contribution in [0.5, 0.6) is 0 Å². The summed E-state index contributed by atoms with van der Waals surface area (Å²) in [5.41, 5.74) is 11.9. The molecule has 0 saturated carbocycles. The molecule has 1 unspecified atom stereocenters. The molecule has 0 fully saturated rings. The highest BCUT2D eigenvalue weighted by molar-refractivity contribution is 6.19. The van der Waals surface area contributed by atoms with E-state index in [1.54, 1.807) is 0 Å². The Morgan fingerprint density at radius 2 is 1.26 bits per heavy atom. The number of aromatic nitrogens is 3. The van der Waals surface area contributed by atoms with Gasteiger partial charge in [0.1, 0.15) is 0 Å². The second-order valence-corrected chi connectivity index (χ2v) is 12.6. The van der Waals surface area contributed by atoms with Crippen LogP contribution in [0.2, 0.25) is 0 Å². The summed E-state index contributed by atoms with van der Waals surface area (Å²) >= 11 is 0. The first-order chi connectivity index (χ1) is 23.3. The van der Waals surface area contributed by atoms with E-state index in [2.05, 4.69) is 162 Å². The average molecular weight is 600 g/mol. The van der Waals surface area contributed by atoms with E-state index in [-0.39, 0.29) is 5.92 Å². The van der Waals surface area contributed by atoms with Crippen LogP contribution in [0, 0.1) is 0 Å². The van der Waals surface area contributed by atoms with Crippen molar-refractivity contribution < 1.29 is 0 Å². The number of benzene rings is 7. The minimum absolute atomic E-state index is 0.242. The fourth-order valence-electron chi connectivity index (χ4n) is 7.82. The van der Waals surface area contributed by atoms with Gasteiger partial charge in [0, 0.05) is 33.0 Å². The monoisotopic (exact) mass is 599 g/mol. The molecule has 1 aliphatic rings. The highest BCUT2D eigenvalue weighted by Gasteiger charge is 2.29. The first kappa shape index (κ1) is 26.2. The van der Waals surface area contributed by atoms with E-state index in [0.717, 1.165) is 39.6 Å². The van der Waals surface area contributed by atoms with E-state index < -0.39 is 0 Å². The van der Waals surface area contributed by atoms with Crippen molar-refractivity contribution in [3.8, 4) is 28.3 Å². The number of rotatable bonds is 3. The standard InChI is InChI=1S/C44H29N3/c1-3-13-28(14-4-1)36-25-31-18-8-9-19-32(31)37-26-39-34-24-23-29-15-7-10-20-33(29)43(34)47(41(39)27-38(36)37)44-45-40-22-12-11-21-35(40)42(46-44)30-16-5-2-6-17-30/h1-24,26-27,36H,25H2. The largest absolute Gasteiger partial charge is 0.277 e. The summed E-state index contributed by atoms with van der Waals surface area (Å²) in [5, 5.41) is 5.86. The minimum Gasteiger partial charge on any atom is -0.277 e. The summed E-state index contributed by atoms with van der Waals surface area (Å²) in [6.07, 6.45) is 0.965. The van der Waals surface area contributed by atoms with E-state index in [9.17, 15) is 0 Å². The van der Waals surface area contributed by atoms with Crippen molar-refractivity contribution in [1.82, 2.24) is 14.5 Å². The zero-order valence-corrected chi connectivity index (χ0v) is 25.6. The second-order valence-electron chi connectivity index (χ2n) is 12.6. The third-order valence-corrected chi connectivity index (χ3v) is 9.97. The van der Waals surface area contributed by atoms with E-state index >= 15 is 0 Å². The van der Waals surface area contributed by atoms with E-state index in [1.807, 2.05) is 0 Å². The Balaban J connectivity index is 1.36. The smallest absolute Gasteiger partial charge is 0.235 e. The second kappa shape index (κ2) is 10.2. The van der Waals surface area contributed by atoms with E-state index in [4.69, 9.17) is 9.97 Å². The Morgan fingerprint density at radius 1 is 0.532 bits per heavy atom. The topological polar surface area (TPSA) is 30.7 Å². The van der Waals surface area contributed by atoms with Crippen molar-refractivity contribution in [2.45, 2.75) is 12.3 Å². The Labute approximate surface area is 272 Å². The molecule has 0 spiro atoms. The molecule has 9 aromatic rings. The molecule has 0 bridgehead atoms. The van der Waals surface area contributed by atoms with Gasteiger partial charge < -0.3 is 0 Å². The Morgan fingerprint density at radius 3 is 2.13 bits per heavy atom. The zero-order chi connectivity index (χ0) is 30.9. The lowest BCUT2D eigenvalue weighted by Gasteiger charge is -2.29. The molecule has 1 aliphatic carbocycles. The summed E-state index contributed by atoms with van der Waals surface area (Å²) in [6, 6.07) is 56.8. The van der Waals surface area contributed by atoms with Crippen molar-refractivity contribution >= 4 is 43.5 Å². The molecule has 1 atom stereocenters. The highest BCUT2D eigenvalue weighted by Crippen LogP contribution is 2.47. The molecular weight excluding hydrogens is 571 g/mol. The first-order valence-electron chi connectivity index (χ1n) is 16.3. The number of hydrogen-bond donors (Lipinski definition) is 0. The summed E-state index contributed by atoms with van der Waals surface area (Å²) in [5.74, 6) is 0.928. The van der Waals surface area contributed by atoms with E-state index in [1.165, 1.54) is 49.4 Å². The molecule has 0 aliphatic heterocycles. The molecule has 0 radical (unpaired) electrons. The maximum atomic E-state index is 5.40. The van der Waals surface area contributed by atoms with Crippen molar-refractivity contribution in [1.29, 1.82) is 0 Å². The van der Waals surface area contributed by atoms with Crippen LogP contribution in [0.4, 0.5) is 0 Å². The summed E-state index contributed by atoms with van der Waals surface area (Å²) in [4.78, 5) is 10.7. The van der Waals surface area contributed by atoms with Gasteiger partial charge >= 0.3 is 0 Å². The molecule has 0 amide bonds. The van der Waals surface area contributed by atoms with Crippen LogP contribution in [0.1, 0.15) is 22.6 Å². The van der Waals surface area contributed by atoms with Gasteiger partial charge in [0.05, 0.1) is 22.2 Å². The molecule has 0 saturated heterocycles. The molecule has 3 nitrogen and oxygen atoms in total. The van der Waals surface area contributed by atoms with Gasteiger partial charge in [-0.1, -0.05) is 140 Å². The zero-order valence-electron chi connectivity index (χ0n) is 25.6. The Kier molecular flexibility index (Phi) is 5.70. The van der Waals surface area contributed by atoms with Gasteiger partial charge in [-0.15, -0.1) is 0 Å². The van der Waals surface area contributed by atoms with Crippen molar-refractivity contribution in [2.75, 3.05) is 0 Å². The summed E-state index contributed by atoms with van der Waals surface area (Å²) in [7, 11) is 0. The molecule has 47 heavy (non-hydrogen) atoms. The maximum Gasteiger partial charge on any atom is 0.235 e. The normalized spacial score (nSPS) is 14.1. The predicted octanol–water partition coefficient (Wildman–Crippen LogP) is 10.9. The van der Waals surface area contributed by atoms with Crippen LogP contribution >= 0.6 is 0 Å². The lowest BCUT2D eigenvalue weighted by atomic mass is 9.75. The van der Waals surface area contributed by atoms with Gasteiger partial charge in [-0.05, 0) is 57.8 Å². The minimum atomic E-state index is 0.242. The number of nitrogens with zero attached hydrogens (tertiary/aromatic N) is 3. The molecule has 2 aromatic heterocycles. The molecule has 3 heteroatoms. The molecule has 7 aromatic carbocycles. The van der Waals surface area contributed by atoms with Crippen molar-refractivity contribution in [3.63, 3.8) is 0 Å². The molecule has 220 valence electrons. The third kappa shape index (κ3) is 4.00. The van der Waals surface area contributed by atoms with Gasteiger partial charge in [0.15, 0.2) is 0 Å². The van der Waals surface area contributed by atoms with Gasteiger partial charge in [-0.3, -0.25) is 4.57 Å².